The van der Waals surface area contributed by atoms with E-state index in [1.54, 1.807) is 0 Å². The van der Waals surface area contributed by atoms with Gasteiger partial charge in [-0.2, -0.15) is 0 Å². The molecular weight excluding hydrogens is 310 g/mol. The molecule has 2 aromatic rings. The number of anilines is 1. The average Bonchev–Trinajstić information content (AvgIpc) is 2.42. The number of hydrogen-bond donors (Lipinski definition) is 1. The lowest BCUT2D eigenvalue weighted by atomic mass is 9.76. The van der Waals surface area contributed by atoms with E-state index < -0.39 is 0 Å². The molecule has 0 spiro atoms. The molecule has 1 N–H and O–H groups in total. The molecule has 3 rings (SSSR count). The molecule has 0 bridgehead atoms. The fourth-order valence-corrected chi connectivity index (χ4v) is 3.37. The molecule has 1 saturated carbocycles. The number of para-hydroxylation sites is 1. The van der Waals surface area contributed by atoms with Crippen molar-refractivity contribution in [1.29, 1.82) is 0 Å². The molecule has 1 aliphatic rings. The molecule has 2 aromatic carbocycles. The lowest BCUT2D eigenvalue weighted by Crippen LogP contribution is -2.34. The van der Waals surface area contributed by atoms with Crippen LogP contribution in [0.1, 0.15) is 36.8 Å². The summed E-state index contributed by atoms with van der Waals surface area (Å²) in [6.07, 6.45) is 3.55. The first kappa shape index (κ1) is 13.7. The third-order valence-corrected chi connectivity index (χ3v) is 4.71. The number of halogens is 1. The SMILES string of the molecule is CCc1ccccc1NC1CC(c2cccc(Br)c2)C1. The van der Waals surface area contributed by atoms with Gasteiger partial charge in [0.15, 0.2) is 0 Å². The minimum atomic E-state index is 0.617. The lowest BCUT2D eigenvalue weighted by Gasteiger charge is -2.37. The summed E-state index contributed by atoms with van der Waals surface area (Å²) in [4.78, 5) is 0. The summed E-state index contributed by atoms with van der Waals surface area (Å²) in [5.74, 6) is 0.707. The fraction of sp³-hybridized carbons (Fsp3) is 0.333. The summed E-state index contributed by atoms with van der Waals surface area (Å²) in [6, 6.07) is 18.0. The van der Waals surface area contributed by atoms with Gasteiger partial charge in [-0.1, -0.05) is 53.2 Å². The maximum Gasteiger partial charge on any atom is 0.0374 e. The number of nitrogens with one attached hydrogen (secondary N) is 1. The quantitative estimate of drug-likeness (QED) is 0.795. The molecule has 20 heavy (non-hydrogen) atoms. The molecule has 0 unspecified atom stereocenters. The predicted octanol–water partition coefficient (Wildman–Crippen LogP) is 5.37. The van der Waals surface area contributed by atoms with E-state index >= 15 is 0 Å². The highest BCUT2D eigenvalue weighted by Crippen LogP contribution is 2.39. The Hall–Kier alpha value is -1.28. The molecule has 2 heteroatoms. The van der Waals surface area contributed by atoms with Crippen LogP contribution >= 0.6 is 15.9 Å². The molecule has 0 atom stereocenters. The maximum atomic E-state index is 3.70. The van der Waals surface area contributed by atoms with Gasteiger partial charge in [-0.15, -0.1) is 0 Å². The summed E-state index contributed by atoms with van der Waals surface area (Å²) in [6.45, 7) is 2.21. The van der Waals surface area contributed by atoms with Crippen LogP contribution < -0.4 is 5.32 Å². The molecule has 0 amide bonds. The highest BCUT2D eigenvalue weighted by atomic mass is 79.9. The second-order valence-corrected chi connectivity index (χ2v) is 6.49. The van der Waals surface area contributed by atoms with Crippen molar-refractivity contribution in [3.63, 3.8) is 0 Å². The first-order valence-corrected chi connectivity index (χ1v) is 8.15. The van der Waals surface area contributed by atoms with E-state index in [1.807, 2.05) is 0 Å². The van der Waals surface area contributed by atoms with Crippen molar-refractivity contribution in [3.05, 3.63) is 64.1 Å². The van der Waals surface area contributed by atoms with Gasteiger partial charge in [0.25, 0.3) is 0 Å². The molecule has 0 saturated heterocycles. The van der Waals surface area contributed by atoms with Crippen molar-refractivity contribution >= 4 is 21.6 Å². The lowest BCUT2D eigenvalue weighted by molar-refractivity contribution is 0.374. The van der Waals surface area contributed by atoms with Crippen LogP contribution in [-0.4, -0.2) is 6.04 Å². The zero-order valence-electron chi connectivity index (χ0n) is 11.8. The van der Waals surface area contributed by atoms with Crippen LogP contribution in [0.15, 0.2) is 53.0 Å². The normalized spacial score (nSPS) is 21.3. The smallest absolute Gasteiger partial charge is 0.0374 e. The van der Waals surface area contributed by atoms with E-state index in [2.05, 4.69) is 76.7 Å². The van der Waals surface area contributed by atoms with Crippen molar-refractivity contribution < 1.29 is 0 Å². The van der Waals surface area contributed by atoms with Gasteiger partial charge in [0.1, 0.15) is 0 Å². The average molecular weight is 330 g/mol. The number of rotatable bonds is 4. The van der Waals surface area contributed by atoms with E-state index in [0.717, 1.165) is 6.42 Å². The maximum absolute atomic E-state index is 3.70. The second-order valence-electron chi connectivity index (χ2n) is 5.58. The minimum absolute atomic E-state index is 0.617. The van der Waals surface area contributed by atoms with Crippen LogP contribution in [0, 0.1) is 0 Å². The Kier molecular flexibility index (Phi) is 4.11. The summed E-state index contributed by atoms with van der Waals surface area (Å²) < 4.78 is 1.18. The van der Waals surface area contributed by atoms with Gasteiger partial charge in [-0.05, 0) is 54.5 Å². The first-order valence-electron chi connectivity index (χ1n) is 7.36. The van der Waals surface area contributed by atoms with Crippen molar-refractivity contribution in [2.45, 2.75) is 38.1 Å². The molecule has 1 fully saturated rings. The Morgan fingerprint density at radius 3 is 2.65 bits per heavy atom. The number of benzene rings is 2. The first-order chi connectivity index (χ1) is 9.76. The van der Waals surface area contributed by atoms with E-state index in [-0.39, 0.29) is 0 Å². The van der Waals surface area contributed by atoms with Crippen LogP contribution in [0.2, 0.25) is 0 Å². The zero-order valence-corrected chi connectivity index (χ0v) is 13.4. The second kappa shape index (κ2) is 6.01. The molecule has 0 aliphatic heterocycles. The van der Waals surface area contributed by atoms with Gasteiger partial charge in [-0.3, -0.25) is 0 Å². The van der Waals surface area contributed by atoms with Crippen LogP contribution in [0.25, 0.3) is 0 Å². The van der Waals surface area contributed by atoms with Crippen molar-refractivity contribution in [1.82, 2.24) is 0 Å². The van der Waals surface area contributed by atoms with Crippen LogP contribution in [0.4, 0.5) is 5.69 Å². The van der Waals surface area contributed by atoms with Crippen LogP contribution in [0.5, 0.6) is 0 Å². The topological polar surface area (TPSA) is 12.0 Å². The van der Waals surface area contributed by atoms with Gasteiger partial charge < -0.3 is 5.32 Å². The summed E-state index contributed by atoms with van der Waals surface area (Å²) in [5.41, 5.74) is 4.19. The van der Waals surface area contributed by atoms with E-state index in [4.69, 9.17) is 0 Å². The number of hydrogen-bond acceptors (Lipinski definition) is 1. The van der Waals surface area contributed by atoms with Crippen molar-refractivity contribution in [2.24, 2.45) is 0 Å². The Labute approximate surface area is 129 Å². The van der Waals surface area contributed by atoms with E-state index in [0.29, 0.717) is 12.0 Å². The predicted molar refractivity (Wildman–Crippen MR) is 89.3 cm³/mol. The Bertz CT molecular complexity index is 587. The molecule has 1 aliphatic carbocycles. The summed E-state index contributed by atoms with van der Waals surface area (Å²) in [7, 11) is 0. The standard InChI is InChI=1S/C18H20BrN/c1-2-13-6-3-4-9-18(13)20-17-11-15(12-17)14-7-5-8-16(19)10-14/h3-10,15,17,20H,2,11-12H2,1H3. The fourth-order valence-electron chi connectivity index (χ4n) is 2.96. The largest absolute Gasteiger partial charge is 0.382 e. The van der Waals surface area contributed by atoms with Gasteiger partial charge >= 0.3 is 0 Å². The van der Waals surface area contributed by atoms with E-state index in [9.17, 15) is 0 Å². The van der Waals surface area contributed by atoms with Crippen molar-refractivity contribution in [2.75, 3.05) is 5.32 Å². The molecule has 0 radical (unpaired) electrons. The van der Waals surface area contributed by atoms with Crippen molar-refractivity contribution in [3.8, 4) is 0 Å². The van der Waals surface area contributed by atoms with Gasteiger partial charge in [-0.25, -0.2) is 0 Å². The zero-order chi connectivity index (χ0) is 13.9. The van der Waals surface area contributed by atoms with Gasteiger partial charge in [0, 0.05) is 16.2 Å². The summed E-state index contributed by atoms with van der Waals surface area (Å²) >= 11 is 3.56. The summed E-state index contributed by atoms with van der Waals surface area (Å²) in [5, 5.41) is 3.70. The van der Waals surface area contributed by atoms with Crippen LogP contribution in [0.3, 0.4) is 0 Å². The highest BCUT2D eigenvalue weighted by Gasteiger charge is 2.30. The number of aryl methyl sites for hydroxylation is 1. The van der Waals surface area contributed by atoms with Gasteiger partial charge in [0.05, 0.1) is 0 Å². The third kappa shape index (κ3) is 2.90. The molecule has 0 heterocycles. The Balaban J connectivity index is 1.61. The van der Waals surface area contributed by atoms with Crippen LogP contribution in [-0.2, 0) is 6.42 Å². The molecular formula is C18H20BrN. The Morgan fingerprint density at radius 1 is 1.10 bits per heavy atom. The molecule has 104 valence electrons. The Morgan fingerprint density at radius 2 is 1.90 bits per heavy atom. The van der Waals surface area contributed by atoms with E-state index in [1.165, 1.54) is 34.1 Å². The molecule has 0 aromatic heterocycles. The highest BCUT2D eigenvalue weighted by molar-refractivity contribution is 9.10. The minimum Gasteiger partial charge on any atom is -0.382 e. The van der Waals surface area contributed by atoms with Gasteiger partial charge in [0.2, 0.25) is 0 Å². The third-order valence-electron chi connectivity index (χ3n) is 4.22. The molecule has 1 nitrogen and oxygen atoms in total. The monoisotopic (exact) mass is 329 g/mol.